The van der Waals surface area contributed by atoms with E-state index in [0.717, 1.165) is 0 Å². The third kappa shape index (κ3) is 5.50. The van der Waals surface area contributed by atoms with Gasteiger partial charge in [-0.1, -0.05) is 12.1 Å². The molecule has 0 aliphatic rings. The van der Waals surface area contributed by atoms with Gasteiger partial charge >= 0.3 is 29.6 Å². The van der Waals surface area contributed by atoms with Gasteiger partial charge in [0.25, 0.3) is 0 Å². The van der Waals surface area contributed by atoms with Gasteiger partial charge in [-0.25, -0.2) is 8.42 Å². The summed E-state index contributed by atoms with van der Waals surface area (Å²) in [6.07, 6.45) is -0.703. The number of anilines is 1. The van der Waals surface area contributed by atoms with Crippen LogP contribution in [0.2, 0.25) is 0 Å². The summed E-state index contributed by atoms with van der Waals surface area (Å²) < 4.78 is 32.8. The minimum Gasteiger partial charge on any atom is -0.731 e. The second kappa shape index (κ2) is 5.83. The molecule has 2 N–H and O–H groups in total. The van der Waals surface area contributed by atoms with Crippen molar-refractivity contribution >= 4 is 16.0 Å². The SMILES string of the molecule is CC(O)c1cccc(NS(=O)(=O)[O-])c1.[Na+]. The van der Waals surface area contributed by atoms with E-state index in [1.54, 1.807) is 23.8 Å². The Hall–Kier alpha value is -0.110. The molecular weight excluding hydrogens is 229 g/mol. The van der Waals surface area contributed by atoms with Crippen molar-refractivity contribution < 1.29 is 47.6 Å². The fourth-order valence-corrected chi connectivity index (χ4v) is 1.42. The Bertz CT molecular complexity index is 418. The van der Waals surface area contributed by atoms with Crippen molar-refractivity contribution in [2.45, 2.75) is 13.0 Å². The Balaban J connectivity index is 0.00000196. The Morgan fingerprint density at radius 2 is 2.07 bits per heavy atom. The van der Waals surface area contributed by atoms with E-state index in [-0.39, 0.29) is 35.2 Å². The molecule has 1 atom stereocenters. The van der Waals surface area contributed by atoms with E-state index in [1.165, 1.54) is 12.1 Å². The largest absolute Gasteiger partial charge is 1.00 e. The van der Waals surface area contributed by atoms with Crippen LogP contribution >= 0.6 is 0 Å². The van der Waals surface area contributed by atoms with Gasteiger partial charge in [0, 0.05) is 5.69 Å². The summed E-state index contributed by atoms with van der Waals surface area (Å²) in [5.74, 6) is 0. The van der Waals surface area contributed by atoms with Crippen LogP contribution in [0.1, 0.15) is 18.6 Å². The van der Waals surface area contributed by atoms with E-state index in [9.17, 15) is 18.1 Å². The van der Waals surface area contributed by atoms with Gasteiger partial charge in [-0.2, -0.15) is 0 Å². The minimum atomic E-state index is -4.50. The fraction of sp³-hybridized carbons (Fsp3) is 0.250. The number of hydrogen-bond acceptors (Lipinski definition) is 4. The maximum Gasteiger partial charge on any atom is 1.00 e. The predicted octanol–water partition coefficient (Wildman–Crippen LogP) is -2.38. The third-order valence-corrected chi connectivity index (χ3v) is 2.10. The van der Waals surface area contributed by atoms with Crippen LogP contribution in [0.5, 0.6) is 0 Å². The van der Waals surface area contributed by atoms with Gasteiger partial charge in [-0.05, 0) is 24.6 Å². The number of hydrogen-bond donors (Lipinski definition) is 2. The molecule has 0 amide bonds. The van der Waals surface area contributed by atoms with Gasteiger partial charge in [-0.15, -0.1) is 0 Å². The van der Waals surface area contributed by atoms with E-state index in [1.807, 2.05) is 0 Å². The van der Waals surface area contributed by atoms with Crippen LogP contribution in [0, 0.1) is 0 Å². The zero-order valence-corrected chi connectivity index (χ0v) is 11.3. The number of rotatable bonds is 3. The third-order valence-electron chi connectivity index (χ3n) is 1.61. The Morgan fingerprint density at radius 3 is 2.53 bits per heavy atom. The molecule has 78 valence electrons. The van der Waals surface area contributed by atoms with Crippen molar-refractivity contribution in [1.29, 1.82) is 0 Å². The molecule has 1 aromatic rings. The zero-order chi connectivity index (χ0) is 10.8. The molecule has 7 heteroatoms. The molecule has 5 nitrogen and oxygen atoms in total. The fourth-order valence-electron chi connectivity index (χ4n) is 1.01. The number of benzene rings is 1. The summed E-state index contributed by atoms with van der Waals surface area (Å²) in [5.41, 5.74) is 0.692. The summed E-state index contributed by atoms with van der Waals surface area (Å²) in [6.45, 7) is 1.55. The molecule has 0 saturated heterocycles. The Kier molecular flexibility index (Phi) is 5.79. The summed E-state index contributed by atoms with van der Waals surface area (Å²) in [4.78, 5) is 0. The maximum atomic E-state index is 10.4. The number of aliphatic hydroxyl groups excluding tert-OH is 1. The van der Waals surface area contributed by atoms with E-state index < -0.39 is 16.4 Å². The second-order valence-electron chi connectivity index (χ2n) is 2.86. The van der Waals surface area contributed by atoms with Gasteiger partial charge in [0.15, 0.2) is 10.3 Å². The van der Waals surface area contributed by atoms with Gasteiger partial charge in [0.1, 0.15) is 0 Å². The van der Waals surface area contributed by atoms with Crippen LogP contribution in [-0.2, 0) is 10.3 Å². The van der Waals surface area contributed by atoms with Crippen molar-refractivity contribution in [2.75, 3.05) is 4.72 Å². The van der Waals surface area contributed by atoms with Crippen molar-refractivity contribution in [2.24, 2.45) is 0 Å². The van der Waals surface area contributed by atoms with Crippen molar-refractivity contribution in [3.8, 4) is 0 Å². The topological polar surface area (TPSA) is 89.5 Å². The smallest absolute Gasteiger partial charge is 0.731 e. The molecule has 0 aliphatic carbocycles. The van der Waals surface area contributed by atoms with E-state index >= 15 is 0 Å². The first-order chi connectivity index (χ1) is 6.38. The first-order valence-electron chi connectivity index (χ1n) is 3.90. The Morgan fingerprint density at radius 1 is 1.47 bits per heavy atom. The van der Waals surface area contributed by atoms with Gasteiger partial charge in [0.2, 0.25) is 0 Å². The maximum absolute atomic E-state index is 10.4. The zero-order valence-electron chi connectivity index (χ0n) is 8.47. The average Bonchev–Trinajstić information content (AvgIpc) is 2.01. The minimum absolute atomic E-state index is 0. The molecule has 0 fully saturated rings. The van der Waals surface area contributed by atoms with Crippen LogP contribution < -0.4 is 34.3 Å². The van der Waals surface area contributed by atoms with Crippen molar-refractivity contribution in [1.82, 2.24) is 0 Å². The van der Waals surface area contributed by atoms with Crippen LogP contribution in [0.4, 0.5) is 5.69 Å². The Labute approximate surface area is 111 Å². The molecule has 0 radical (unpaired) electrons. The van der Waals surface area contributed by atoms with E-state index in [0.29, 0.717) is 5.56 Å². The molecule has 0 bridgehead atoms. The monoisotopic (exact) mass is 239 g/mol. The first kappa shape index (κ1) is 14.9. The molecule has 0 aliphatic heterocycles. The van der Waals surface area contributed by atoms with Crippen LogP contribution in [0.15, 0.2) is 24.3 Å². The van der Waals surface area contributed by atoms with E-state index in [4.69, 9.17) is 0 Å². The van der Waals surface area contributed by atoms with Gasteiger partial charge in [0.05, 0.1) is 6.10 Å². The quantitative estimate of drug-likeness (QED) is 0.455. The van der Waals surface area contributed by atoms with Gasteiger partial charge in [-0.3, -0.25) is 4.72 Å². The normalized spacial score (nSPS) is 12.7. The number of aliphatic hydroxyl groups is 1. The number of nitrogens with one attached hydrogen (secondary N) is 1. The first-order valence-corrected chi connectivity index (χ1v) is 5.31. The molecule has 1 rings (SSSR count). The standard InChI is InChI=1S/C8H11NO4S.Na/c1-6(10)7-3-2-4-8(5-7)9-14(11,12)13;/h2-6,9-10H,1H3,(H,11,12,13);/q;+1/p-1. The molecule has 0 saturated carbocycles. The summed E-state index contributed by atoms with van der Waals surface area (Å²) >= 11 is 0. The molecule has 15 heavy (non-hydrogen) atoms. The average molecular weight is 239 g/mol. The molecule has 1 aromatic carbocycles. The summed E-state index contributed by atoms with van der Waals surface area (Å²) in [5, 5.41) is 9.19. The molecule has 0 aromatic heterocycles. The molecule has 0 heterocycles. The van der Waals surface area contributed by atoms with Crippen molar-refractivity contribution in [3.05, 3.63) is 29.8 Å². The van der Waals surface area contributed by atoms with Gasteiger partial charge < -0.3 is 9.66 Å². The summed E-state index contributed by atoms with van der Waals surface area (Å²) in [7, 11) is -4.50. The second-order valence-corrected chi connectivity index (χ2v) is 3.97. The molecule has 0 spiro atoms. The van der Waals surface area contributed by atoms with Crippen LogP contribution in [-0.4, -0.2) is 18.1 Å². The van der Waals surface area contributed by atoms with Crippen LogP contribution in [0.25, 0.3) is 0 Å². The van der Waals surface area contributed by atoms with E-state index in [2.05, 4.69) is 0 Å². The predicted molar refractivity (Wildman–Crippen MR) is 50.4 cm³/mol. The van der Waals surface area contributed by atoms with Crippen LogP contribution in [0.3, 0.4) is 0 Å². The van der Waals surface area contributed by atoms with Crippen molar-refractivity contribution in [3.63, 3.8) is 0 Å². The molecule has 1 unspecified atom stereocenters. The summed E-state index contributed by atoms with van der Waals surface area (Å²) in [6, 6.07) is 6.02. The molecular formula is C8H10NNaO4S.